The van der Waals surface area contributed by atoms with E-state index in [1.54, 1.807) is 12.1 Å². The molecule has 2 aromatic carbocycles. The summed E-state index contributed by atoms with van der Waals surface area (Å²) in [6.45, 7) is 2.81. The van der Waals surface area contributed by atoms with Gasteiger partial charge in [-0.25, -0.2) is 0 Å². The van der Waals surface area contributed by atoms with Gasteiger partial charge in [0.25, 0.3) is 0 Å². The second-order valence-corrected chi connectivity index (χ2v) is 6.08. The average Bonchev–Trinajstić information content (AvgIpc) is 2.99. The Labute approximate surface area is 145 Å². The van der Waals surface area contributed by atoms with Crippen LogP contribution in [-0.2, 0) is 6.54 Å². The van der Waals surface area contributed by atoms with Crippen molar-refractivity contribution in [3.8, 4) is 11.1 Å². The van der Waals surface area contributed by atoms with E-state index in [1.807, 2.05) is 60.3 Å². The van der Waals surface area contributed by atoms with E-state index < -0.39 is 0 Å². The Kier molecular flexibility index (Phi) is 4.56. The molecule has 0 atom stereocenters. The summed E-state index contributed by atoms with van der Waals surface area (Å²) in [6.07, 6.45) is 3.82. The Bertz CT molecular complexity index is 853. The maximum atomic E-state index is 12.9. The number of ketones is 1. The van der Waals surface area contributed by atoms with E-state index in [1.165, 1.54) is 0 Å². The van der Waals surface area contributed by atoms with Gasteiger partial charge in [0.1, 0.15) is 0 Å². The van der Waals surface area contributed by atoms with Crippen LogP contribution in [0.15, 0.2) is 60.9 Å². The highest BCUT2D eigenvalue weighted by atomic mass is 35.5. The molecule has 0 N–H and O–H groups in total. The van der Waals surface area contributed by atoms with Gasteiger partial charge in [-0.05, 0) is 19.1 Å². The zero-order chi connectivity index (χ0) is 16.4. The summed E-state index contributed by atoms with van der Waals surface area (Å²) in [5, 5.41) is 1.11. The monoisotopic (exact) mass is 343 g/mol. The number of halogens is 2. The van der Waals surface area contributed by atoms with E-state index in [0.717, 1.165) is 17.7 Å². The number of benzene rings is 2. The Morgan fingerprint density at radius 2 is 1.74 bits per heavy atom. The molecule has 3 aromatic rings. The molecule has 1 aromatic heterocycles. The Morgan fingerprint density at radius 3 is 2.39 bits per heavy atom. The molecule has 0 saturated heterocycles. The maximum Gasteiger partial charge on any atom is 0.195 e. The van der Waals surface area contributed by atoms with Crippen molar-refractivity contribution >= 4 is 29.0 Å². The highest BCUT2D eigenvalue weighted by Gasteiger charge is 2.19. The Hall–Kier alpha value is -2.03. The van der Waals surface area contributed by atoms with Crippen LogP contribution in [-0.4, -0.2) is 10.4 Å². The molecule has 0 saturated carbocycles. The lowest BCUT2D eigenvalue weighted by molar-refractivity contribution is 0.103. The molecule has 0 spiro atoms. The van der Waals surface area contributed by atoms with E-state index in [4.69, 9.17) is 23.2 Å². The molecule has 0 bridgehead atoms. The van der Waals surface area contributed by atoms with Crippen LogP contribution in [0.2, 0.25) is 10.0 Å². The maximum absolute atomic E-state index is 12.9. The van der Waals surface area contributed by atoms with Crippen molar-refractivity contribution in [2.75, 3.05) is 0 Å². The smallest absolute Gasteiger partial charge is 0.195 e. The van der Waals surface area contributed by atoms with Crippen LogP contribution in [0.5, 0.6) is 0 Å². The minimum atomic E-state index is -0.0150. The SMILES string of the molecule is CCn1cc(C(=O)c2ccccc2)c(-c2ccc(Cl)cc2Cl)c1. The van der Waals surface area contributed by atoms with Crippen LogP contribution in [0.25, 0.3) is 11.1 Å². The van der Waals surface area contributed by atoms with Gasteiger partial charge in [-0.3, -0.25) is 4.79 Å². The lowest BCUT2D eigenvalue weighted by Crippen LogP contribution is -2.01. The van der Waals surface area contributed by atoms with Crippen LogP contribution < -0.4 is 0 Å². The molecule has 2 nitrogen and oxygen atoms in total. The lowest BCUT2D eigenvalue weighted by Gasteiger charge is -2.06. The average molecular weight is 344 g/mol. The van der Waals surface area contributed by atoms with Crippen molar-refractivity contribution in [3.05, 3.63) is 82.1 Å². The van der Waals surface area contributed by atoms with Gasteiger partial charge in [0.05, 0.1) is 0 Å². The molecule has 3 rings (SSSR count). The van der Waals surface area contributed by atoms with E-state index in [0.29, 0.717) is 21.2 Å². The van der Waals surface area contributed by atoms with Gasteiger partial charge in [-0.1, -0.05) is 59.6 Å². The van der Waals surface area contributed by atoms with Crippen molar-refractivity contribution < 1.29 is 4.79 Å². The van der Waals surface area contributed by atoms with Gasteiger partial charge in [0.15, 0.2) is 5.78 Å². The Balaban J connectivity index is 2.14. The molecule has 0 aliphatic carbocycles. The number of rotatable bonds is 4. The molecule has 0 fully saturated rings. The second-order valence-electron chi connectivity index (χ2n) is 5.24. The molecule has 0 aliphatic rings. The first-order chi connectivity index (χ1) is 11.1. The number of carbonyl (C=O) groups is 1. The molecular formula is C19H15Cl2NO. The normalized spacial score (nSPS) is 10.7. The summed E-state index contributed by atoms with van der Waals surface area (Å²) in [6, 6.07) is 14.6. The fourth-order valence-corrected chi connectivity index (χ4v) is 3.05. The fourth-order valence-electron chi connectivity index (χ4n) is 2.54. The molecule has 0 radical (unpaired) electrons. The minimum Gasteiger partial charge on any atom is -0.353 e. The third kappa shape index (κ3) is 3.19. The van der Waals surface area contributed by atoms with Gasteiger partial charge in [0.2, 0.25) is 0 Å². The first-order valence-electron chi connectivity index (χ1n) is 7.35. The largest absolute Gasteiger partial charge is 0.353 e. The molecule has 0 amide bonds. The van der Waals surface area contributed by atoms with Crippen LogP contribution in [0.4, 0.5) is 0 Å². The molecule has 1 heterocycles. The molecular weight excluding hydrogens is 329 g/mol. The molecule has 116 valence electrons. The predicted octanol–water partition coefficient (Wildman–Crippen LogP) is 5.71. The highest BCUT2D eigenvalue weighted by Crippen LogP contribution is 2.34. The number of hydrogen-bond donors (Lipinski definition) is 0. The van der Waals surface area contributed by atoms with Crippen molar-refractivity contribution in [1.82, 2.24) is 4.57 Å². The van der Waals surface area contributed by atoms with Crippen molar-refractivity contribution in [2.24, 2.45) is 0 Å². The third-order valence-corrected chi connectivity index (χ3v) is 4.29. The molecule has 0 unspecified atom stereocenters. The topological polar surface area (TPSA) is 22.0 Å². The van der Waals surface area contributed by atoms with Gasteiger partial charge in [-0.15, -0.1) is 0 Å². The van der Waals surface area contributed by atoms with E-state index >= 15 is 0 Å². The van der Waals surface area contributed by atoms with Crippen molar-refractivity contribution in [3.63, 3.8) is 0 Å². The van der Waals surface area contributed by atoms with E-state index in [-0.39, 0.29) is 5.78 Å². The summed E-state index contributed by atoms with van der Waals surface area (Å²) in [4.78, 5) is 12.9. The summed E-state index contributed by atoms with van der Waals surface area (Å²) in [5.41, 5.74) is 2.93. The highest BCUT2D eigenvalue weighted by molar-refractivity contribution is 6.36. The third-order valence-electron chi connectivity index (χ3n) is 3.75. The van der Waals surface area contributed by atoms with Gasteiger partial charge < -0.3 is 4.57 Å². The number of nitrogens with zero attached hydrogens (tertiary/aromatic N) is 1. The first-order valence-corrected chi connectivity index (χ1v) is 8.10. The summed E-state index contributed by atoms with van der Waals surface area (Å²) in [5.74, 6) is -0.0150. The molecule has 0 aliphatic heterocycles. The molecule has 23 heavy (non-hydrogen) atoms. The zero-order valence-electron chi connectivity index (χ0n) is 12.6. The van der Waals surface area contributed by atoms with Gasteiger partial charge in [-0.2, -0.15) is 0 Å². The van der Waals surface area contributed by atoms with Crippen LogP contribution >= 0.6 is 23.2 Å². The standard InChI is InChI=1S/C19H15Cl2NO/c1-2-22-11-16(15-9-8-14(20)10-18(15)21)17(12-22)19(23)13-6-4-3-5-7-13/h3-12H,2H2,1H3. The fraction of sp³-hybridized carbons (Fsp3) is 0.105. The second kappa shape index (κ2) is 6.61. The van der Waals surface area contributed by atoms with E-state index in [2.05, 4.69) is 0 Å². The van der Waals surface area contributed by atoms with Crippen LogP contribution in [0.1, 0.15) is 22.8 Å². The predicted molar refractivity (Wildman–Crippen MR) is 95.4 cm³/mol. The van der Waals surface area contributed by atoms with E-state index in [9.17, 15) is 4.79 Å². The van der Waals surface area contributed by atoms with Crippen molar-refractivity contribution in [1.29, 1.82) is 0 Å². The quantitative estimate of drug-likeness (QED) is 0.556. The van der Waals surface area contributed by atoms with Crippen LogP contribution in [0, 0.1) is 0 Å². The summed E-state index contributed by atoms with van der Waals surface area (Å²) < 4.78 is 1.98. The number of aryl methyl sites for hydroxylation is 1. The van der Waals surface area contributed by atoms with Crippen molar-refractivity contribution in [2.45, 2.75) is 13.5 Å². The summed E-state index contributed by atoms with van der Waals surface area (Å²) >= 11 is 12.3. The van der Waals surface area contributed by atoms with Crippen LogP contribution in [0.3, 0.4) is 0 Å². The molecule has 4 heteroatoms. The number of hydrogen-bond acceptors (Lipinski definition) is 1. The van der Waals surface area contributed by atoms with Gasteiger partial charge in [0, 0.05) is 51.2 Å². The zero-order valence-corrected chi connectivity index (χ0v) is 14.1. The van der Waals surface area contributed by atoms with Gasteiger partial charge >= 0.3 is 0 Å². The Morgan fingerprint density at radius 1 is 1.00 bits per heavy atom. The number of aromatic nitrogens is 1. The first kappa shape index (κ1) is 15.9. The minimum absolute atomic E-state index is 0.0150. The summed E-state index contributed by atoms with van der Waals surface area (Å²) in [7, 11) is 0. The lowest BCUT2D eigenvalue weighted by atomic mass is 9.98. The number of carbonyl (C=O) groups excluding carboxylic acids is 1.